The summed E-state index contributed by atoms with van der Waals surface area (Å²) < 4.78 is 0. The van der Waals surface area contributed by atoms with Crippen LogP contribution in [0.3, 0.4) is 0 Å². The standard InChI is InChI=1S/C15H29N3O2/c1-5-13-10-18(9-7-14(13)17-20)12(4)15(19)16-8-6-11(2)3/h11-13,20H,5-10H2,1-4H3,(H,16,19). The summed E-state index contributed by atoms with van der Waals surface area (Å²) >= 11 is 0. The van der Waals surface area contributed by atoms with E-state index in [1.54, 1.807) is 0 Å². The van der Waals surface area contributed by atoms with Crippen LogP contribution in [-0.2, 0) is 4.79 Å². The minimum absolute atomic E-state index is 0.102. The number of nitrogens with zero attached hydrogens (tertiary/aromatic N) is 2. The molecular formula is C15H29N3O2. The van der Waals surface area contributed by atoms with E-state index >= 15 is 0 Å². The highest BCUT2D eigenvalue weighted by molar-refractivity contribution is 5.88. The Balaban J connectivity index is 2.47. The molecule has 0 spiro atoms. The molecule has 0 saturated carbocycles. The van der Waals surface area contributed by atoms with Gasteiger partial charge in [0.2, 0.25) is 5.91 Å². The summed E-state index contributed by atoms with van der Waals surface area (Å²) in [5, 5.41) is 15.4. The zero-order chi connectivity index (χ0) is 15.1. The van der Waals surface area contributed by atoms with E-state index in [9.17, 15) is 4.79 Å². The normalized spacial score (nSPS) is 24.1. The zero-order valence-corrected chi connectivity index (χ0v) is 13.2. The van der Waals surface area contributed by atoms with Crippen molar-refractivity contribution in [1.29, 1.82) is 0 Å². The van der Waals surface area contributed by atoms with Crippen molar-refractivity contribution in [2.75, 3.05) is 19.6 Å². The van der Waals surface area contributed by atoms with Crippen LogP contribution in [0.4, 0.5) is 0 Å². The molecule has 1 saturated heterocycles. The molecule has 0 aliphatic carbocycles. The highest BCUT2D eigenvalue weighted by atomic mass is 16.4. The summed E-state index contributed by atoms with van der Waals surface area (Å²) in [6, 6.07) is -0.114. The summed E-state index contributed by atoms with van der Waals surface area (Å²) in [5.74, 6) is 0.970. The third-order valence-electron chi connectivity index (χ3n) is 4.15. The maximum Gasteiger partial charge on any atom is 0.237 e. The fourth-order valence-corrected chi connectivity index (χ4v) is 2.59. The lowest BCUT2D eigenvalue weighted by Crippen LogP contribution is -2.51. The lowest BCUT2D eigenvalue weighted by atomic mass is 9.92. The van der Waals surface area contributed by atoms with Crippen molar-refractivity contribution in [2.24, 2.45) is 17.0 Å². The second kappa shape index (κ2) is 8.25. The SMILES string of the molecule is CCC1CN(C(C)C(=O)NCCC(C)C)CCC1=NO. The third kappa shape index (κ3) is 4.78. The highest BCUT2D eigenvalue weighted by Gasteiger charge is 2.30. The number of carbonyl (C=O) groups excluding carboxylic acids is 1. The Morgan fingerprint density at radius 3 is 2.75 bits per heavy atom. The molecule has 2 unspecified atom stereocenters. The first-order valence-corrected chi connectivity index (χ1v) is 7.72. The molecule has 2 N–H and O–H groups in total. The fraction of sp³-hybridized carbons (Fsp3) is 0.867. The van der Waals surface area contributed by atoms with Gasteiger partial charge in [-0.2, -0.15) is 0 Å². The largest absolute Gasteiger partial charge is 0.411 e. The number of oxime groups is 1. The smallest absolute Gasteiger partial charge is 0.237 e. The van der Waals surface area contributed by atoms with Crippen molar-refractivity contribution in [3.8, 4) is 0 Å². The van der Waals surface area contributed by atoms with Gasteiger partial charge in [-0.1, -0.05) is 25.9 Å². The lowest BCUT2D eigenvalue weighted by Gasteiger charge is -2.36. The average molecular weight is 283 g/mol. The van der Waals surface area contributed by atoms with Gasteiger partial charge >= 0.3 is 0 Å². The quantitative estimate of drug-likeness (QED) is 0.579. The molecule has 20 heavy (non-hydrogen) atoms. The number of carbonyl (C=O) groups is 1. The van der Waals surface area contributed by atoms with E-state index in [1.165, 1.54) is 0 Å². The Morgan fingerprint density at radius 2 is 2.20 bits per heavy atom. The molecule has 1 rings (SSSR count). The second-order valence-electron chi connectivity index (χ2n) is 6.09. The molecule has 0 bridgehead atoms. The van der Waals surface area contributed by atoms with Gasteiger partial charge in [-0.05, 0) is 25.7 Å². The topological polar surface area (TPSA) is 64.9 Å². The monoisotopic (exact) mass is 283 g/mol. The van der Waals surface area contributed by atoms with E-state index in [0.717, 1.165) is 44.6 Å². The number of hydrogen-bond donors (Lipinski definition) is 2. The van der Waals surface area contributed by atoms with E-state index in [1.807, 2.05) is 6.92 Å². The molecule has 1 heterocycles. The zero-order valence-electron chi connectivity index (χ0n) is 13.2. The van der Waals surface area contributed by atoms with Gasteiger partial charge in [0.05, 0.1) is 11.8 Å². The predicted molar refractivity (Wildman–Crippen MR) is 81.1 cm³/mol. The minimum Gasteiger partial charge on any atom is -0.411 e. The van der Waals surface area contributed by atoms with Crippen LogP contribution in [0.15, 0.2) is 5.16 Å². The molecule has 0 aromatic heterocycles. The Kier molecular flexibility index (Phi) is 6.99. The van der Waals surface area contributed by atoms with Gasteiger partial charge in [0, 0.05) is 32.0 Å². The molecule has 5 heteroatoms. The number of likely N-dealkylation sites (tertiary alicyclic amines) is 1. The fourth-order valence-electron chi connectivity index (χ4n) is 2.59. The van der Waals surface area contributed by atoms with Gasteiger partial charge in [0.1, 0.15) is 0 Å². The number of rotatable bonds is 6. The molecule has 2 atom stereocenters. The molecule has 1 aliphatic heterocycles. The van der Waals surface area contributed by atoms with Gasteiger partial charge in [0.15, 0.2) is 0 Å². The van der Waals surface area contributed by atoms with Gasteiger partial charge < -0.3 is 10.5 Å². The van der Waals surface area contributed by atoms with E-state index < -0.39 is 0 Å². The second-order valence-corrected chi connectivity index (χ2v) is 6.09. The Hall–Kier alpha value is -1.10. The van der Waals surface area contributed by atoms with Gasteiger partial charge in [-0.25, -0.2) is 0 Å². The number of nitrogens with one attached hydrogen (secondary N) is 1. The number of amides is 1. The molecule has 0 radical (unpaired) electrons. The predicted octanol–water partition coefficient (Wildman–Crippen LogP) is 2.10. The summed E-state index contributed by atoms with van der Waals surface area (Å²) in [7, 11) is 0. The van der Waals surface area contributed by atoms with Crippen molar-refractivity contribution in [1.82, 2.24) is 10.2 Å². The highest BCUT2D eigenvalue weighted by Crippen LogP contribution is 2.19. The van der Waals surface area contributed by atoms with Gasteiger partial charge in [0.25, 0.3) is 0 Å². The van der Waals surface area contributed by atoms with Crippen LogP contribution in [0.2, 0.25) is 0 Å². The van der Waals surface area contributed by atoms with Crippen LogP contribution < -0.4 is 5.32 Å². The molecule has 1 amide bonds. The maximum absolute atomic E-state index is 12.1. The summed E-state index contributed by atoms with van der Waals surface area (Å²) in [6.45, 7) is 10.7. The number of piperidine rings is 1. The molecular weight excluding hydrogens is 254 g/mol. The number of hydrogen-bond acceptors (Lipinski definition) is 4. The van der Waals surface area contributed by atoms with E-state index in [2.05, 4.69) is 36.1 Å². The first-order valence-electron chi connectivity index (χ1n) is 7.72. The van der Waals surface area contributed by atoms with Crippen molar-refractivity contribution >= 4 is 11.6 Å². The van der Waals surface area contributed by atoms with Crippen LogP contribution in [-0.4, -0.2) is 47.4 Å². The molecule has 1 fully saturated rings. The Bertz CT molecular complexity index is 342. The van der Waals surface area contributed by atoms with Crippen molar-refractivity contribution in [3.05, 3.63) is 0 Å². The van der Waals surface area contributed by atoms with Crippen molar-refractivity contribution in [2.45, 2.75) is 53.0 Å². The molecule has 0 aromatic carbocycles. The van der Waals surface area contributed by atoms with Crippen LogP contribution in [0.25, 0.3) is 0 Å². The molecule has 1 aliphatic rings. The van der Waals surface area contributed by atoms with Crippen LogP contribution in [0, 0.1) is 11.8 Å². The maximum atomic E-state index is 12.1. The van der Waals surface area contributed by atoms with Gasteiger partial charge in [-0.3, -0.25) is 9.69 Å². The molecule has 0 aromatic rings. The summed E-state index contributed by atoms with van der Waals surface area (Å²) in [6.07, 6.45) is 2.70. The summed E-state index contributed by atoms with van der Waals surface area (Å²) in [4.78, 5) is 14.3. The molecule has 5 nitrogen and oxygen atoms in total. The summed E-state index contributed by atoms with van der Waals surface area (Å²) in [5.41, 5.74) is 0.871. The Labute approximate surface area is 122 Å². The van der Waals surface area contributed by atoms with Crippen LogP contribution >= 0.6 is 0 Å². The first kappa shape index (κ1) is 17.0. The van der Waals surface area contributed by atoms with Crippen LogP contribution in [0.1, 0.15) is 47.0 Å². The first-order chi connectivity index (χ1) is 9.49. The Morgan fingerprint density at radius 1 is 1.50 bits per heavy atom. The average Bonchev–Trinajstić information content (AvgIpc) is 2.45. The van der Waals surface area contributed by atoms with E-state index in [-0.39, 0.29) is 17.9 Å². The molecule has 116 valence electrons. The van der Waals surface area contributed by atoms with Crippen molar-refractivity contribution in [3.63, 3.8) is 0 Å². The van der Waals surface area contributed by atoms with E-state index in [0.29, 0.717) is 5.92 Å². The van der Waals surface area contributed by atoms with Crippen molar-refractivity contribution < 1.29 is 10.0 Å². The van der Waals surface area contributed by atoms with E-state index in [4.69, 9.17) is 5.21 Å². The van der Waals surface area contributed by atoms with Crippen LogP contribution in [0.5, 0.6) is 0 Å². The van der Waals surface area contributed by atoms with Gasteiger partial charge in [-0.15, -0.1) is 0 Å². The lowest BCUT2D eigenvalue weighted by molar-refractivity contribution is -0.126. The minimum atomic E-state index is -0.114. The third-order valence-corrected chi connectivity index (χ3v) is 4.15.